The number of nitrogens with one attached hydrogen (secondary N) is 1. The normalized spacial score (nSPS) is 11.0. The zero-order chi connectivity index (χ0) is 12.5. The summed E-state index contributed by atoms with van der Waals surface area (Å²) in [6, 6.07) is 1.93. The van der Waals surface area contributed by atoms with Gasteiger partial charge < -0.3 is 5.32 Å². The van der Waals surface area contributed by atoms with E-state index in [2.05, 4.69) is 27.4 Å². The first-order valence-electron chi connectivity index (χ1n) is 5.86. The molecule has 1 N–H and O–H groups in total. The second-order valence-corrected chi connectivity index (χ2v) is 4.08. The van der Waals surface area contributed by atoms with Crippen molar-refractivity contribution in [3.8, 4) is 0 Å². The van der Waals surface area contributed by atoms with Crippen molar-refractivity contribution >= 4 is 17.0 Å². The number of rotatable bonds is 3. The lowest BCUT2D eigenvalue weighted by atomic mass is 10.3. The molecule has 3 rings (SSSR count). The van der Waals surface area contributed by atoms with Gasteiger partial charge in [-0.2, -0.15) is 10.2 Å². The molecular weight excluding hydrogens is 228 g/mol. The molecule has 0 bridgehead atoms. The van der Waals surface area contributed by atoms with E-state index in [1.165, 1.54) is 0 Å². The summed E-state index contributed by atoms with van der Waals surface area (Å²) in [6.45, 7) is 2.08. The molecule has 0 saturated carbocycles. The first kappa shape index (κ1) is 10.8. The van der Waals surface area contributed by atoms with Crippen LogP contribution in [-0.4, -0.2) is 24.4 Å². The van der Waals surface area contributed by atoms with Crippen molar-refractivity contribution in [3.05, 3.63) is 36.5 Å². The maximum absolute atomic E-state index is 4.40. The van der Waals surface area contributed by atoms with Gasteiger partial charge in [-0.25, -0.2) is 9.50 Å². The molecule has 0 spiro atoms. The van der Waals surface area contributed by atoms with Crippen LogP contribution in [0.4, 0.5) is 11.5 Å². The highest BCUT2D eigenvalue weighted by Crippen LogP contribution is 2.21. The molecule has 92 valence electrons. The van der Waals surface area contributed by atoms with Gasteiger partial charge in [-0.15, -0.1) is 0 Å². The number of hydrogen-bond acceptors (Lipinski definition) is 4. The van der Waals surface area contributed by atoms with Gasteiger partial charge >= 0.3 is 0 Å². The SMILES string of the molecule is CCc1nn(C)cc1Nc1nccn2nccc12. The van der Waals surface area contributed by atoms with Gasteiger partial charge in [0.2, 0.25) is 0 Å². The minimum atomic E-state index is 0.790. The van der Waals surface area contributed by atoms with Gasteiger partial charge in [0.25, 0.3) is 0 Å². The molecule has 18 heavy (non-hydrogen) atoms. The molecule has 0 aromatic carbocycles. The second-order valence-electron chi connectivity index (χ2n) is 4.08. The fourth-order valence-corrected chi connectivity index (χ4v) is 1.98. The Morgan fingerprint density at radius 2 is 2.22 bits per heavy atom. The summed E-state index contributed by atoms with van der Waals surface area (Å²) in [6.07, 6.45) is 8.15. The van der Waals surface area contributed by atoms with Crippen molar-refractivity contribution in [1.82, 2.24) is 24.4 Å². The molecule has 0 atom stereocenters. The van der Waals surface area contributed by atoms with E-state index in [0.717, 1.165) is 29.1 Å². The van der Waals surface area contributed by atoms with Crippen molar-refractivity contribution in [2.24, 2.45) is 7.05 Å². The maximum Gasteiger partial charge on any atom is 0.156 e. The molecule has 0 aliphatic heterocycles. The number of anilines is 2. The first-order valence-corrected chi connectivity index (χ1v) is 5.86. The van der Waals surface area contributed by atoms with Crippen LogP contribution < -0.4 is 5.32 Å². The van der Waals surface area contributed by atoms with Crippen LogP contribution in [-0.2, 0) is 13.5 Å². The Morgan fingerprint density at radius 3 is 3.06 bits per heavy atom. The van der Waals surface area contributed by atoms with Crippen LogP contribution in [0.2, 0.25) is 0 Å². The lowest BCUT2D eigenvalue weighted by Crippen LogP contribution is -1.98. The molecule has 0 aliphatic carbocycles. The Bertz CT molecular complexity index is 681. The van der Waals surface area contributed by atoms with Gasteiger partial charge in [0.15, 0.2) is 5.82 Å². The van der Waals surface area contributed by atoms with Crippen LogP contribution in [0.5, 0.6) is 0 Å². The summed E-state index contributed by atoms with van der Waals surface area (Å²) < 4.78 is 3.59. The summed E-state index contributed by atoms with van der Waals surface area (Å²) in [5.74, 6) is 0.790. The van der Waals surface area contributed by atoms with Crippen LogP contribution >= 0.6 is 0 Å². The average molecular weight is 242 g/mol. The molecule has 0 aliphatic rings. The van der Waals surface area contributed by atoms with E-state index in [9.17, 15) is 0 Å². The van der Waals surface area contributed by atoms with Gasteiger partial charge in [-0.3, -0.25) is 4.68 Å². The fraction of sp³-hybridized carbons (Fsp3) is 0.250. The molecule has 0 amide bonds. The third-order valence-corrected chi connectivity index (χ3v) is 2.82. The third-order valence-electron chi connectivity index (χ3n) is 2.82. The van der Waals surface area contributed by atoms with Crippen LogP contribution in [0, 0.1) is 0 Å². The Balaban J connectivity index is 2.03. The monoisotopic (exact) mass is 242 g/mol. The van der Waals surface area contributed by atoms with E-state index in [1.807, 2.05) is 25.5 Å². The molecule has 6 heteroatoms. The fourth-order valence-electron chi connectivity index (χ4n) is 1.98. The summed E-state index contributed by atoms with van der Waals surface area (Å²) in [7, 11) is 1.91. The van der Waals surface area contributed by atoms with E-state index < -0.39 is 0 Å². The first-order chi connectivity index (χ1) is 8.78. The molecule has 3 heterocycles. The summed E-state index contributed by atoms with van der Waals surface area (Å²) >= 11 is 0. The summed E-state index contributed by atoms with van der Waals surface area (Å²) in [5, 5.41) is 11.9. The minimum Gasteiger partial charge on any atom is -0.336 e. The zero-order valence-corrected chi connectivity index (χ0v) is 10.3. The van der Waals surface area contributed by atoms with Crippen molar-refractivity contribution in [3.63, 3.8) is 0 Å². The minimum absolute atomic E-state index is 0.790. The lowest BCUT2D eigenvalue weighted by Gasteiger charge is -2.05. The number of aromatic nitrogens is 5. The van der Waals surface area contributed by atoms with Gasteiger partial charge in [-0.1, -0.05) is 6.92 Å². The maximum atomic E-state index is 4.40. The number of nitrogens with zero attached hydrogens (tertiary/aromatic N) is 5. The standard InChI is InChI=1S/C12H14N6/c1-3-9-10(8-17(2)16-9)15-12-11-4-5-14-18(11)7-6-13-12/h4-8H,3H2,1-2H3,(H,13,15). The van der Waals surface area contributed by atoms with Gasteiger partial charge in [0, 0.05) is 25.6 Å². The van der Waals surface area contributed by atoms with Crippen molar-refractivity contribution < 1.29 is 0 Å². The van der Waals surface area contributed by atoms with E-state index in [1.54, 1.807) is 21.6 Å². The zero-order valence-electron chi connectivity index (χ0n) is 10.3. The highest BCUT2D eigenvalue weighted by atomic mass is 15.3. The Hall–Kier alpha value is -2.37. The number of hydrogen-bond donors (Lipinski definition) is 1. The lowest BCUT2D eigenvalue weighted by molar-refractivity contribution is 0.746. The third kappa shape index (κ3) is 1.71. The van der Waals surface area contributed by atoms with Gasteiger partial charge in [0.05, 0.1) is 17.6 Å². The average Bonchev–Trinajstić information content (AvgIpc) is 2.96. The second kappa shape index (κ2) is 4.14. The predicted molar refractivity (Wildman–Crippen MR) is 68.9 cm³/mol. The smallest absolute Gasteiger partial charge is 0.156 e. The Kier molecular flexibility index (Phi) is 2.47. The van der Waals surface area contributed by atoms with Crippen LogP contribution in [0.25, 0.3) is 5.52 Å². The van der Waals surface area contributed by atoms with Crippen molar-refractivity contribution in [2.75, 3.05) is 5.32 Å². The quantitative estimate of drug-likeness (QED) is 0.760. The van der Waals surface area contributed by atoms with Crippen LogP contribution in [0.15, 0.2) is 30.9 Å². The van der Waals surface area contributed by atoms with Crippen molar-refractivity contribution in [1.29, 1.82) is 0 Å². The summed E-state index contributed by atoms with van der Waals surface area (Å²) in [5.41, 5.74) is 2.96. The van der Waals surface area contributed by atoms with E-state index in [0.29, 0.717) is 0 Å². The molecule has 0 unspecified atom stereocenters. The van der Waals surface area contributed by atoms with Crippen molar-refractivity contribution in [2.45, 2.75) is 13.3 Å². The Labute approximate surface area is 104 Å². The molecule has 0 radical (unpaired) electrons. The van der Waals surface area contributed by atoms with E-state index in [4.69, 9.17) is 0 Å². The van der Waals surface area contributed by atoms with Gasteiger partial charge in [-0.05, 0) is 12.5 Å². The largest absolute Gasteiger partial charge is 0.336 e. The van der Waals surface area contributed by atoms with E-state index in [-0.39, 0.29) is 0 Å². The molecule has 3 aromatic rings. The van der Waals surface area contributed by atoms with Crippen LogP contribution in [0.1, 0.15) is 12.6 Å². The van der Waals surface area contributed by atoms with E-state index >= 15 is 0 Å². The number of fused-ring (bicyclic) bond motifs is 1. The highest BCUT2D eigenvalue weighted by Gasteiger charge is 2.09. The summed E-state index contributed by atoms with van der Waals surface area (Å²) in [4.78, 5) is 4.35. The Morgan fingerprint density at radius 1 is 1.33 bits per heavy atom. The topological polar surface area (TPSA) is 60.0 Å². The highest BCUT2D eigenvalue weighted by molar-refractivity contribution is 5.73. The molecule has 0 saturated heterocycles. The molecular formula is C12H14N6. The number of aryl methyl sites for hydroxylation is 2. The van der Waals surface area contributed by atoms with Gasteiger partial charge in [0.1, 0.15) is 5.52 Å². The molecule has 6 nitrogen and oxygen atoms in total. The predicted octanol–water partition coefficient (Wildman–Crippen LogP) is 1.77. The molecule has 3 aromatic heterocycles. The molecule has 0 fully saturated rings. The van der Waals surface area contributed by atoms with Crippen LogP contribution in [0.3, 0.4) is 0 Å².